The molecule has 5 aromatic rings. The molecule has 0 aliphatic carbocycles. The van der Waals surface area contributed by atoms with Gasteiger partial charge in [0.05, 0.1) is 0 Å². The lowest BCUT2D eigenvalue weighted by Crippen LogP contribution is -2.43. The van der Waals surface area contributed by atoms with Gasteiger partial charge in [-0.1, -0.05) is 42.4 Å². The first-order valence-electron chi connectivity index (χ1n) is 10.3. The van der Waals surface area contributed by atoms with E-state index in [0.717, 1.165) is 16.6 Å². The molecule has 0 spiro atoms. The first kappa shape index (κ1) is 19.8. The Labute approximate surface area is 183 Å². The van der Waals surface area contributed by atoms with E-state index in [1.807, 2.05) is 48.8 Å². The fraction of sp³-hybridized carbons (Fsp3) is 0.208. The van der Waals surface area contributed by atoms with Gasteiger partial charge in [-0.3, -0.25) is 5.32 Å². The van der Waals surface area contributed by atoms with Crippen molar-refractivity contribution in [2.75, 3.05) is 6.54 Å². The SMILES string of the molecule is CCC(O)(NCCc1c[nH]c2ccccc12)c1c(O)cccc1-c1noc2ccsc12. The zero-order valence-electron chi connectivity index (χ0n) is 17.1. The van der Waals surface area contributed by atoms with Crippen molar-refractivity contribution in [1.29, 1.82) is 0 Å². The number of benzene rings is 2. The van der Waals surface area contributed by atoms with E-state index in [1.54, 1.807) is 12.1 Å². The number of H-pyrrole nitrogens is 1. The number of para-hydroxylation sites is 1. The molecule has 0 saturated heterocycles. The molecule has 3 heterocycles. The average Bonchev–Trinajstić information content (AvgIpc) is 3.49. The molecule has 0 radical (unpaired) electrons. The molecule has 0 fully saturated rings. The zero-order chi connectivity index (χ0) is 21.4. The first-order chi connectivity index (χ1) is 15.1. The second-order valence-corrected chi connectivity index (χ2v) is 8.51. The molecule has 0 aliphatic rings. The standard InChI is InChI=1S/C24H23N3O3S/c1-2-24(29,26-12-10-15-14-25-18-8-4-3-6-16(15)18)21-17(7-5-9-19(21)28)22-23-20(30-27-22)11-13-31-23/h3-9,11,13-14,25-26,28-29H,2,10,12H2,1H3. The predicted octanol–water partition coefficient (Wildman–Crippen LogP) is 5.13. The summed E-state index contributed by atoms with van der Waals surface area (Å²) in [6.07, 6.45) is 3.11. The van der Waals surface area contributed by atoms with Gasteiger partial charge in [0.25, 0.3) is 0 Å². The highest BCUT2D eigenvalue weighted by atomic mass is 32.1. The summed E-state index contributed by atoms with van der Waals surface area (Å²) in [5.74, 6) is 0.0224. The number of aliphatic hydroxyl groups is 1. The number of nitrogens with zero attached hydrogens (tertiary/aromatic N) is 1. The molecule has 7 heteroatoms. The zero-order valence-corrected chi connectivity index (χ0v) is 17.9. The van der Waals surface area contributed by atoms with Crippen LogP contribution in [0.2, 0.25) is 0 Å². The summed E-state index contributed by atoms with van der Waals surface area (Å²) in [6.45, 7) is 2.42. The quantitative estimate of drug-likeness (QED) is 0.267. The monoisotopic (exact) mass is 433 g/mol. The van der Waals surface area contributed by atoms with Gasteiger partial charge in [0.1, 0.15) is 21.9 Å². The second-order valence-electron chi connectivity index (χ2n) is 7.59. The normalized spacial score (nSPS) is 13.7. The van der Waals surface area contributed by atoms with Crippen molar-refractivity contribution in [3.05, 3.63) is 71.2 Å². The largest absolute Gasteiger partial charge is 0.507 e. The van der Waals surface area contributed by atoms with E-state index in [-0.39, 0.29) is 5.75 Å². The third kappa shape index (κ3) is 3.40. The van der Waals surface area contributed by atoms with Gasteiger partial charge in [0, 0.05) is 34.8 Å². The maximum atomic E-state index is 11.6. The summed E-state index contributed by atoms with van der Waals surface area (Å²) in [5.41, 5.74) is 3.25. The Morgan fingerprint density at radius 1 is 1.16 bits per heavy atom. The van der Waals surface area contributed by atoms with Gasteiger partial charge in [-0.15, -0.1) is 11.3 Å². The Balaban J connectivity index is 1.46. The number of aromatic hydroxyl groups is 1. The highest BCUT2D eigenvalue weighted by molar-refractivity contribution is 7.17. The number of rotatable bonds is 7. The van der Waals surface area contributed by atoms with Crippen molar-refractivity contribution >= 4 is 32.5 Å². The summed E-state index contributed by atoms with van der Waals surface area (Å²) in [4.78, 5) is 3.28. The minimum Gasteiger partial charge on any atom is -0.507 e. The lowest BCUT2D eigenvalue weighted by atomic mass is 9.91. The highest BCUT2D eigenvalue weighted by Crippen LogP contribution is 2.41. The molecule has 0 amide bonds. The molecule has 3 aromatic heterocycles. The number of phenols is 1. The van der Waals surface area contributed by atoms with Crippen LogP contribution in [0.5, 0.6) is 5.75 Å². The maximum absolute atomic E-state index is 11.6. The van der Waals surface area contributed by atoms with E-state index in [4.69, 9.17) is 4.52 Å². The van der Waals surface area contributed by atoms with Crippen LogP contribution in [0.25, 0.3) is 32.4 Å². The van der Waals surface area contributed by atoms with Crippen molar-refractivity contribution in [2.24, 2.45) is 0 Å². The van der Waals surface area contributed by atoms with Crippen molar-refractivity contribution in [2.45, 2.75) is 25.5 Å². The Bertz CT molecular complexity index is 1350. The third-order valence-corrected chi connectivity index (χ3v) is 6.69. The lowest BCUT2D eigenvalue weighted by Gasteiger charge is -2.31. The van der Waals surface area contributed by atoms with Crippen LogP contribution in [0.1, 0.15) is 24.5 Å². The number of thiophene rings is 1. The van der Waals surface area contributed by atoms with E-state index >= 15 is 0 Å². The molecule has 1 unspecified atom stereocenters. The van der Waals surface area contributed by atoms with Crippen LogP contribution in [0, 0.1) is 0 Å². The predicted molar refractivity (Wildman–Crippen MR) is 123 cm³/mol. The number of hydrogen-bond donors (Lipinski definition) is 4. The number of aromatic amines is 1. The second kappa shape index (κ2) is 7.85. The van der Waals surface area contributed by atoms with Gasteiger partial charge in [-0.25, -0.2) is 0 Å². The summed E-state index contributed by atoms with van der Waals surface area (Å²) >= 11 is 1.52. The van der Waals surface area contributed by atoms with Gasteiger partial charge in [0.15, 0.2) is 5.58 Å². The fourth-order valence-corrected chi connectivity index (χ4v) is 4.96. The average molecular weight is 434 g/mol. The van der Waals surface area contributed by atoms with Gasteiger partial charge in [0.2, 0.25) is 0 Å². The molecule has 158 valence electrons. The molecule has 1 atom stereocenters. The van der Waals surface area contributed by atoms with Crippen molar-refractivity contribution in [3.63, 3.8) is 0 Å². The summed E-state index contributed by atoms with van der Waals surface area (Å²) < 4.78 is 6.32. The van der Waals surface area contributed by atoms with Crippen LogP contribution in [0.4, 0.5) is 0 Å². The van der Waals surface area contributed by atoms with Crippen LogP contribution in [0.3, 0.4) is 0 Å². The van der Waals surface area contributed by atoms with Crippen LogP contribution in [0.15, 0.2) is 64.6 Å². The number of hydrogen-bond acceptors (Lipinski definition) is 6. The Hall–Kier alpha value is -3.13. The van der Waals surface area contributed by atoms with E-state index in [2.05, 4.69) is 21.5 Å². The molecule has 0 saturated carbocycles. The number of phenolic OH excluding ortho intramolecular Hbond substituents is 1. The van der Waals surface area contributed by atoms with Crippen LogP contribution >= 0.6 is 11.3 Å². The molecular formula is C24H23N3O3S. The molecule has 31 heavy (non-hydrogen) atoms. The molecular weight excluding hydrogens is 410 g/mol. The summed E-state index contributed by atoms with van der Waals surface area (Å²) in [6, 6.07) is 15.2. The third-order valence-electron chi connectivity index (χ3n) is 5.79. The summed E-state index contributed by atoms with van der Waals surface area (Å²) in [5, 5.41) is 32.9. The van der Waals surface area contributed by atoms with Gasteiger partial charge < -0.3 is 19.7 Å². The molecule has 2 aromatic carbocycles. The minimum atomic E-state index is -1.42. The Morgan fingerprint density at radius 3 is 2.90 bits per heavy atom. The smallest absolute Gasteiger partial charge is 0.178 e. The fourth-order valence-electron chi connectivity index (χ4n) is 4.15. The molecule has 0 bridgehead atoms. The number of fused-ring (bicyclic) bond motifs is 2. The minimum absolute atomic E-state index is 0.0224. The van der Waals surface area contributed by atoms with Crippen molar-refractivity contribution in [3.8, 4) is 17.0 Å². The Kier molecular flexibility index (Phi) is 5.02. The van der Waals surface area contributed by atoms with Crippen molar-refractivity contribution < 1.29 is 14.7 Å². The number of nitrogens with one attached hydrogen (secondary N) is 2. The topological polar surface area (TPSA) is 94.3 Å². The van der Waals surface area contributed by atoms with E-state index in [9.17, 15) is 10.2 Å². The van der Waals surface area contributed by atoms with Crippen molar-refractivity contribution in [1.82, 2.24) is 15.5 Å². The van der Waals surface area contributed by atoms with Crippen LogP contribution < -0.4 is 5.32 Å². The maximum Gasteiger partial charge on any atom is 0.178 e. The van der Waals surface area contributed by atoms with E-state index < -0.39 is 5.72 Å². The lowest BCUT2D eigenvalue weighted by molar-refractivity contribution is -0.00440. The highest BCUT2D eigenvalue weighted by Gasteiger charge is 2.34. The molecule has 6 nitrogen and oxygen atoms in total. The van der Waals surface area contributed by atoms with Crippen LogP contribution in [-0.4, -0.2) is 26.9 Å². The van der Waals surface area contributed by atoms with E-state index in [1.165, 1.54) is 22.3 Å². The van der Waals surface area contributed by atoms with E-state index in [0.29, 0.717) is 35.4 Å². The van der Waals surface area contributed by atoms with Gasteiger partial charge in [-0.05, 0) is 42.0 Å². The first-order valence-corrected chi connectivity index (χ1v) is 11.2. The van der Waals surface area contributed by atoms with Gasteiger partial charge in [-0.2, -0.15) is 0 Å². The Morgan fingerprint density at radius 2 is 2.03 bits per heavy atom. The molecule has 5 rings (SSSR count). The van der Waals surface area contributed by atoms with Gasteiger partial charge >= 0.3 is 0 Å². The molecule has 0 aliphatic heterocycles. The number of aromatic nitrogens is 2. The summed E-state index contributed by atoms with van der Waals surface area (Å²) in [7, 11) is 0. The molecule has 4 N–H and O–H groups in total. The van der Waals surface area contributed by atoms with Crippen LogP contribution in [-0.2, 0) is 12.1 Å².